The summed E-state index contributed by atoms with van der Waals surface area (Å²) in [6.45, 7) is 4.36. The first-order valence-corrected chi connectivity index (χ1v) is 9.68. The number of amides is 2. The van der Waals surface area contributed by atoms with Crippen molar-refractivity contribution in [1.29, 1.82) is 0 Å². The Bertz CT molecular complexity index is 730. The Kier molecular flexibility index (Phi) is 6.44. The van der Waals surface area contributed by atoms with Crippen LogP contribution in [-0.2, 0) is 14.8 Å². The fourth-order valence-electron chi connectivity index (χ4n) is 2.31. The van der Waals surface area contributed by atoms with Gasteiger partial charge in [0.25, 0.3) is 0 Å². The van der Waals surface area contributed by atoms with Crippen LogP contribution < -0.4 is 10.5 Å². The van der Waals surface area contributed by atoms with E-state index in [1.165, 1.54) is 6.07 Å². The lowest BCUT2D eigenvalue weighted by Crippen LogP contribution is -2.51. The Labute approximate surface area is 152 Å². The van der Waals surface area contributed by atoms with Gasteiger partial charge in [0, 0.05) is 32.9 Å². The van der Waals surface area contributed by atoms with Crippen LogP contribution in [0.5, 0.6) is 0 Å². The summed E-state index contributed by atoms with van der Waals surface area (Å²) in [4.78, 5) is 19.4. The highest BCUT2D eigenvalue weighted by molar-refractivity contribution is 7.89. The first-order valence-electron chi connectivity index (χ1n) is 7.76. The van der Waals surface area contributed by atoms with E-state index < -0.39 is 10.0 Å². The largest absolute Gasteiger partial charge is 0.373 e. The Balaban J connectivity index is 1.96. The van der Waals surface area contributed by atoms with Crippen molar-refractivity contribution >= 4 is 33.5 Å². The van der Waals surface area contributed by atoms with Crippen molar-refractivity contribution in [3.63, 3.8) is 0 Å². The van der Waals surface area contributed by atoms with Crippen molar-refractivity contribution < 1.29 is 17.9 Å². The van der Waals surface area contributed by atoms with Crippen LogP contribution in [0.3, 0.4) is 0 Å². The van der Waals surface area contributed by atoms with Gasteiger partial charge < -0.3 is 19.9 Å². The number of urea groups is 1. The van der Waals surface area contributed by atoms with Crippen LogP contribution in [0.25, 0.3) is 0 Å². The van der Waals surface area contributed by atoms with Crippen LogP contribution in [0.15, 0.2) is 17.2 Å². The number of halogens is 1. The van der Waals surface area contributed by atoms with Crippen molar-refractivity contribution in [2.45, 2.75) is 17.9 Å². The number of sulfonamides is 1. The summed E-state index contributed by atoms with van der Waals surface area (Å²) in [6, 6.07) is 1.20. The molecule has 0 radical (unpaired) electrons. The molecule has 1 saturated heterocycles. The molecule has 2 rings (SSSR count). The zero-order chi connectivity index (χ0) is 18.6. The van der Waals surface area contributed by atoms with Gasteiger partial charge in [0.1, 0.15) is 10.7 Å². The van der Waals surface area contributed by atoms with Gasteiger partial charge in [-0.2, -0.15) is 0 Å². The molecule has 0 aromatic carbocycles. The Hall–Kier alpha value is -1.62. The maximum atomic E-state index is 12.2. The molecule has 0 spiro atoms. The van der Waals surface area contributed by atoms with Crippen molar-refractivity contribution in [2.24, 2.45) is 5.14 Å². The van der Waals surface area contributed by atoms with E-state index in [1.54, 1.807) is 16.8 Å². The smallest absolute Gasteiger partial charge is 0.319 e. The molecule has 11 heteroatoms. The van der Waals surface area contributed by atoms with Gasteiger partial charge in [-0.15, -0.1) is 0 Å². The predicted octanol–water partition coefficient (Wildman–Crippen LogP) is 0.567. The molecular weight excluding hydrogens is 370 g/mol. The van der Waals surface area contributed by atoms with E-state index in [-0.39, 0.29) is 22.1 Å². The highest BCUT2D eigenvalue weighted by Gasteiger charge is 2.26. The molecule has 0 aliphatic carbocycles. The normalized spacial score (nSPS) is 18.1. The highest BCUT2D eigenvalue weighted by Crippen LogP contribution is 2.22. The molecule has 0 unspecified atom stereocenters. The number of ether oxygens (including phenoxy) is 1. The third-order valence-electron chi connectivity index (χ3n) is 3.85. The van der Waals surface area contributed by atoms with Gasteiger partial charge in [-0.05, 0) is 13.0 Å². The Morgan fingerprint density at radius 3 is 2.92 bits per heavy atom. The molecule has 1 aliphatic heterocycles. The second kappa shape index (κ2) is 8.17. The van der Waals surface area contributed by atoms with E-state index in [4.69, 9.17) is 21.5 Å². The number of carbonyl (C=O) groups excluding carboxylic acids is 1. The average molecular weight is 392 g/mol. The number of nitrogens with two attached hydrogens (primary N) is 1. The maximum absolute atomic E-state index is 12.2. The molecule has 3 N–H and O–H groups in total. The number of anilines is 1. The number of carbonyl (C=O) groups is 1. The van der Waals surface area contributed by atoms with Gasteiger partial charge in [0.2, 0.25) is 10.0 Å². The monoisotopic (exact) mass is 391 g/mol. The van der Waals surface area contributed by atoms with Gasteiger partial charge in [-0.1, -0.05) is 11.6 Å². The van der Waals surface area contributed by atoms with Crippen molar-refractivity contribution in [1.82, 2.24) is 14.8 Å². The number of hydrogen-bond acceptors (Lipinski definition) is 6. The number of hydrogen-bond donors (Lipinski definition) is 2. The SMILES string of the molecule is CCN(C)C(=O)N1CCO[C@H](CNc2ncc(S(N)(=O)=O)cc2Cl)C1. The van der Waals surface area contributed by atoms with Crippen LogP contribution >= 0.6 is 11.6 Å². The van der Waals surface area contributed by atoms with Crippen LogP contribution in [0.4, 0.5) is 10.6 Å². The number of nitrogens with one attached hydrogen (secondary N) is 1. The standard InChI is InChI=1S/C14H22ClN5O4S/c1-3-19(2)14(21)20-4-5-24-10(9-20)7-17-13-12(15)6-11(8-18-13)25(16,22)23/h6,8,10H,3-5,7,9H2,1-2H3,(H,17,18)(H2,16,22,23)/t10-/m1/s1. The molecule has 1 aliphatic rings. The highest BCUT2D eigenvalue weighted by atomic mass is 35.5. The first kappa shape index (κ1) is 19.7. The lowest BCUT2D eigenvalue weighted by molar-refractivity contribution is -0.0108. The first-order chi connectivity index (χ1) is 11.7. The quantitative estimate of drug-likeness (QED) is 0.757. The summed E-state index contributed by atoms with van der Waals surface area (Å²) >= 11 is 6.04. The molecule has 2 heterocycles. The topological polar surface area (TPSA) is 118 Å². The fraction of sp³-hybridized carbons (Fsp3) is 0.571. The molecule has 1 aromatic heterocycles. The van der Waals surface area contributed by atoms with E-state index >= 15 is 0 Å². The molecule has 0 saturated carbocycles. The number of primary sulfonamides is 1. The number of rotatable bonds is 5. The molecule has 140 valence electrons. The second-order valence-electron chi connectivity index (χ2n) is 5.66. The van der Waals surface area contributed by atoms with Crippen molar-refractivity contribution in [2.75, 3.05) is 45.2 Å². The Morgan fingerprint density at radius 1 is 1.60 bits per heavy atom. The van der Waals surface area contributed by atoms with E-state index in [1.807, 2.05) is 6.92 Å². The van der Waals surface area contributed by atoms with Crippen LogP contribution in [0, 0.1) is 0 Å². The molecule has 1 atom stereocenters. The van der Waals surface area contributed by atoms with Crippen LogP contribution in [-0.4, -0.2) is 75.2 Å². The summed E-state index contributed by atoms with van der Waals surface area (Å²) in [7, 11) is -2.10. The van der Waals surface area contributed by atoms with Gasteiger partial charge in [0.15, 0.2) is 0 Å². The molecular formula is C14H22ClN5O4S. The van der Waals surface area contributed by atoms with Crippen molar-refractivity contribution in [3.05, 3.63) is 17.3 Å². The molecule has 9 nitrogen and oxygen atoms in total. The summed E-state index contributed by atoms with van der Waals surface area (Å²) in [6.07, 6.45) is 0.913. The van der Waals surface area contributed by atoms with Crippen LogP contribution in [0.2, 0.25) is 5.02 Å². The minimum Gasteiger partial charge on any atom is -0.373 e. The van der Waals surface area contributed by atoms with E-state index in [9.17, 15) is 13.2 Å². The van der Waals surface area contributed by atoms with Crippen LogP contribution in [0.1, 0.15) is 6.92 Å². The summed E-state index contributed by atoms with van der Waals surface area (Å²) < 4.78 is 28.2. The van der Waals surface area contributed by atoms with Crippen molar-refractivity contribution in [3.8, 4) is 0 Å². The number of aromatic nitrogens is 1. The summed E-state index contributed by atoms with van der Waals surface area (Å²) in [5.41, 5.74) is 0. The molecule has 25 heavy (non-hydrogen) atoms. The average Bonchev–Trinajstić information content (AvgIpc) is 2.58. The third kappa shape index (κ3) is 5.18. The number of morpholine rings is 1. The van der Waals surface area contributed by atoms with E-state index in [2.05, 4.69) is 10.3 Å². The number of pyridine rings is 1. The minimum absolute atomic E-state index is 0.0375. The maximum Gasteiger partial charge on any atom is 0.319 e. The second-order valence-corrected chi connectivity index (χ2v) is 7.63. The van der Waals surface area contributed by atoms with E-state index in [0.29, 0.717) is 38.6 Å². The van der Waals surface area contributed by atoms with Gasteiger partial charge in [-0.25, -0.2) is 23.3 Å². The summed E-state index contributed by atoms with van der Waals surface area (Å²) in [5, 5.41) is 8.19. The zero-order valence-electron chi connectivity index (χ0n) is 14.1. The third-order valence-corrected chi connectivity index (χ3v) is 5.02. The predicted molar refractivity (Wildman–Crippen MR) is 94.1 cm³/mol. The number of nitrogens with zero attached hydrogens (tertiary/aromatic N) is 3. The lowest BCUT2D eigenvalue weighted by atomic mass is 10.2. The minimum atomic E-state index is -3.85. The fourth-order valence-corrected chi connectivity index (χ4v) is 3.09. The van der Waals surface area contributed by atoms with E-state index in [0.717, 1.165) is 6.20 Å². The van der Waals surface area contributed by atoms with Gasteiger partial charge in [-0.3, -0.25) is 0 Å². The van der Waals surface area contributed by atoms with Gasteiger partial charge in [0.05, 0.1) is 24.3 Å². The molecule has 2 amide bonds. The molecule has 1 fully saturated rings. The lowest BCUT2D eigenvalue weighted by Gasteiger charge is -2.35. The summed E-state index contributed by atoms with van der Waals surface area (Å²) in [5.74, 6) is 0.326. The molecule has 0 bridgehead atoms. The van der Waals surface area contributed by atoms with Gasteiger partial charge >= 0.3 is 6.03 Å². The zero-order valence-corrected chi connectivity index (χ0v) is 15.7. The molecule has 1 aromatic rings. The Morgan fingerprint density at radius 2 is 2.32 bits per heavy atom.